The van der Waals surface area contributed by atoms with Gasteiger partial charge in [-0.05, 0) is 44.7 Å². The molecule has 0 saturated heterocycles. The van der Waals surface area contributed by atoms with Gasteiger partial charge in [-0.2, -0.15) is 0 Å². The molecule has 0 fully saturated rings. The molecule has 0 atom stereocenters. The largest absolute Gasteiger partial charge is 0.455 e. The summed E-state index contributed by atoms with van der Waals surface area (Å²) in [6.07, 6.45) is 3.61. The van der Waals surface area contributed by atoms with E-state index in [0.29, 0.717) is 6.61 Å². The second kappa shape index (κ2) is 9.25. The first-order valence-corrected chi connectivity index (χ1v) is 13.4. The van der Waals surface area contributed by atoms with E-state index in [1.807, 2.05) is 0 Å². The van der Waals surface area contributed by atoms with E-state index < -0.39 is 16.6 Å². The van der Waals surface area contributed by atoms with E-state index >= 15 is 0 Å². The highest BCUT2D eigenvalue weighted by atomic mass is 28.4. The van der Waals surface area contributed by atoms with Crippen molar-refractivity contribution in [1.29, 1.82) is 0 Å². The van der Waals surface area contributed by atoms with Crippen LogP contribution >= 0.6 is 0 Å². The molecule has 0 aromatic rings. The van der Waals surface area contributed by atoms with Gasteiger partial charge in [-0.25, -0.2) is 0 Å². The number of ether oxygens (including phenoxy) is 1. The van der Waals surface area contributed by atoms with Crippen LogP contribution in [0.25, 0.3) is 0 Å². The Bertz CT molecular complexity index is 208. The van der Waals surface area contributed by atoms with Crippen molar-refractivity contribution in [3.8, 4) is 0 Å². The lowest BCUT2D eigenvalue weighted by Gasteiger charge is -2.34. The standard InChI is InChI=1S/C13H32O3Si2/c1-6-7-12-17(2,3)16-18(4,5)13-8-10-15-11-9-14/h14H,6-13H2,1-5H3. The first-order valence-electron chi connectivity index (χ1n) is 7.22. The zero-order valence-electron chi connectivity index (χ0n) is 12.9. The van der Waals surface area contributed by atoms with E-state index in [4.69, 9.17) is 14.0 Å². The fraction of sp³-hybridized carbons (Fsp3) is 1.00. The Hall–Kier alpha value is 0.314. The van der Waals surface area contributed by atoms with E-state index in [-0.39, 0.29) is 6.61 Å². The Morgan fingerprint density at radius 3 is 1.94 bits per heavy atom. The maximum atomic E-state index is 8.63. The molecule has 0 aliphatic heterocycles. The Morgan fingerprint density at radius 2 is 1.44 bits per heavy atom. The van der Waals surface area contributed by atoms with Crippen LogP contribution in [-0.4, -0.2) is 41.6 Å². The fourth-order valence-electron chi connectivity index (χ4n) is 2.22. The molecule has 0 aliphatic carbocycles. The van der Waals surface area contributed by atoms with Gasteiger partial charge in [-0.15, -0.1) is 0 Å². The van der Waals surface area contributed by atoms with Crippen LogP contribution in [0.4, 0.5) is 0 Å². The Balaban J connectivity index is 3.89. The average molecular weight is 293 g/mol. The van der Waals surface area contributed by atoms with Gasteiger partial charge in [0.1, 0.15) is 0 Å². The first-order chi connectivity index (χ1) is 8.33. The quantitative estimate of drug-likeness (QED) is 0.467. The third-order valence-corrected chi connectivity index (χ3v) is 10.5. The molecule has 1 N–H and O–H groups in total. The number of aliphatic hydroxyl groups is 1. The second-order valence-electron chi connectivity index (χ2n) is 6.16. The summed E-state index contributed by atoms with van der Waals surface area (Å²) in [6, 6.07) is 2.43. The maximum Gasteiger partial charge on any atom is 0.173 e. The summed E-state index contributed by atoms with van der Waals surface area (Å²) < 4.78 is 11.8. The van der Waals surface area contributed by atoms with Crippen LogP contribution in [0.15, 0.2) is 0 Å². The smallest absolute Gasteiger partial charge is 0.173 e. The van der Waals surface area contributed by atoms with Gasteiger partial charge < -0.3 is 14.0 Å². The molecule has 0 saturated carbocycles. The average Bonchev–Trinajstić information content (AvgIpc) is 2.24. The molecule has 3 nitrogen and oxygen atoms in total. The number of unbranched alkanes of at least 4 members (excludes halogenated alkanes) is 1. The Kier molecular flexibility index (Phi) is 9.42. The van der Waals surface area contributed by atoms with E-state index in [2.05, 4.69) is 33.1 Å². The molecule has 0 amide bonds. The van der Waals surface area contributed by atoms with Crippen molar-refractivity contribution in [2.75, 3.05) is 19.8 Å². The van der Waals surface area contributed by atoms with Crippen LogP contribution in [0, 0.1) is 0 Å². The van der Waals surface area contributed by atoms with E-state index in [0.717, 1.165) is 19.1 Å². The Labute approximate surface area is 115 Å². The van der Waals surface area contributed by atoms with E-state index in [1.54, 1.807) is 0 Å². The molecule has 0 heterocycles. The van der Waals surface area contributed by atoms with Crippen LogP contribution < -0.4 is 0 Å². The van der Waals surface area contributed by atoms with E-state index in [9.17, 15) is 0 Å². The molecule has 18 heavy (non-hydrogen) atoms. The SMILES string of the molecule is CCCC[Si](C)(C)O[Si](C)(C)CCCOCCO. The molecule has 0 spiro atoms. The highest BCUT2D eigenvalue weighted by molar-refractivity contribution is 6.84. The zero-order valence-corrected chi connectivity index (χ0v) is 14.9. The van der Waals surface area contributed by atoms with Crippen molar-refractivity contribution in [3.05, 3.63) is 0 Å². The fourth-order valence-corrected chi connectivity index (χ4v) is 11.2. The number of hydrogen-bond donors (Lipinski definition) is 1. The third-order valence-electron chi connectivity index (χ3n) is 2.99. The van der Waals surface area contributed by atoms with Crippen molar-refractivity contribution in [2.45, 2.75) is 64.5 Å². The predicted molar refractivity (Wildman–Crippen MR) is 83.1 cm³/mol. The Morgan fingerprint density at radius 1 is 0.889 bits per heavy atom. The topological polar surface area (TPSA) is 38.7 Å². The summed E-state index contributed by atoms with van der Waals surface area (Å²) in [7, 11) is -2.98. The van der Waals surface area contributed by atoms with Crippen LogP contribution in [0.2, 0.25) is 38.3 Å². The minimum atomic E-state index is -1.53. The molecule has 5 heteroatoms. The predicted octanol–water partition coefficient (Wildman–Crippen LogP) is 3.61. The van der Waals surface area contributed by atoms with Crippen molar-refractivity contribution in [3.63, 3.8) is 0 Å². The number of rotatable bonds is 11. The van der Waals surface area contributed by atoms with Gasteiger partial charge in [0.2, 0.25) is 0 Å². The van der Waals surface area contributed by atoms with Gasteiger partial charge in [0.15, 0.2) is 16.6 Å². The van der Waals surface area contributed by atoms with Gasteiger partial charge in [0.25, 0.3) is 0 Å². The van der Waals surface area contributed by atoms with Gasteiger partial charge in [-0.1, -0.05) is 19.8 Å². The van der Waals surface area contributed by atoms with Gasteiger partial charge in [0.05, 0.1) is 13.2 Å². The summed E-state index contributed by atoms with van der Waals surface area (Å²) in [4.78, 5) is 0. The van der Waals surface area contributed by atoms with Crippen LogP contribution in [0.1, 0.15) is 26.2 Å². The molecule has 0 aromatic carbocycles. The molecule has 0 aromatic heterocycles. The number of aliphatic hydroxyl groups excluding tert-OH is 1. The molecule has 0 aliphatic rings. The highest BCUT2D eigenvalue weighted by Gasteiger charge is 2.31. The zero-order chi connectivity index (χ0) is 14.1. The molecule has 110 valence electrons. The molecule has 0 radical (unpaired) electrons. The highest BCUT2D eigenvalue weighted by Crippen LogP contribution is 2.24. The van der Waals surface area contributed by atoms with Gasteiger partial charge in [0, 0.05) is 6.61 Å². The monoisotopic (exact) mass is 292 g/mol. The molecular formula is C13H32O3Si2. The molecular weight excluding hydrogens is 260 g/mol. The summed E-state index contributed by atoms with van der Waals surface area (Å²) in [5.41, 5.74) is 0. The maximum absolute atomic E-state index is 8.63. The lowest BCUT2D eigenvalue weighted by atomic mass is 10.4. The van der Waals surface area contributed by atoms with Gasteiger partial charge >= 0.3 is 0 Å². The van der Waals surface area contributed by atoms with Crippen molar-refractivity contribution >= 4 is 16.6 Å². The van der Waals surface area contributed by atoms with Crippen molar-refractivity contribution in [2.24, 2.45) is 0 Å². The second-order valence-corrected chi connectivity index (χ2v) is 15.0. The summed E-state index contributed by atoms with van der Waals surface area (Å²) in [6.45, 7) is 12.9. The lowest BCUT2D eigenvalue weighted by molar-refractivity contribution is 0.0924. The van der Waals surface area contributed by atoms with Crippen LogP contribution in [0.3, 0.4) is 0 Å². The van der Waals surface area contributed by atoms with E-state index in [1.165, 1.54) is 18.9 Å². The molecule has 0 unspecified atom stereocenters. The first kappa shape index (κ1) is 18.3. The van der Waals surface area contributed by atoms with Crippen LogP contribution in [0.5, 0.6) is 0 Å². The van der Waals surface area contributed by atoms with Crippen molar-refractivity contribution in [1.82, 2.24) is 0 Å². The third kappa shape index (κ3) is 10.3. The van der Waals surface area contributed by atoms with Gasteiger partial charge in [-0.3, -0.25) is 0 Å². The van der Waals surface area contributed by atoms with Crippen LogP contribution in [-0.2, 0) is 8.85 Å². The summed E-state index contributed by atoms with van der Waals surface area (Å²) >= 11 is 0. The molecule has 0 rings (SSSR count). The summed E-state index contributed by atoms with van der Waals surface area (Å²) in [5.74, 6) is 0. The minimum absolute atomic E-state index is 0.119. The summed E-state index contributed by atoms with van der Waals surface area (Å²) in [5, 5.41) is 8.63. The van der Waals surface area contributed by atoms with Crippen molar-refractivity contribution < 1.29 is 14.0 Å². The minimum Gasteiger partial charge on any atom is -0.455 e. The lowest BCUT2D eigenvalue weighted by Crippen LogP contribution is -2.44. The molecule has 0 bridgehead atoms. The number of hydrogen-bond acceptors (Lipinski definition) is 3. The normalized spacial score (nSPS) is 13.0.